The van der Waals surface area contributed by atoms with E-state index in [0.29, 0.717) is 0 Å². The smallest absolute Gasteiger partial charge is 1.00 e. The minimum absolute atomic E-state index is 0. The summed E-state index contributed by atoms with van der Waals surface area (Å²) in [6.07, 6.45) is 0. The molecule has 0 aliphatic rings. The Balaban J connectivity index is 0. The number of benzene rings is 1. The van der Waals surface area contributed by atoms with E-state index in [1.165, 1.54) is 6.07 Å². The molecule has 100 valence electrons. The van der Waals surface area contributed by atoms with Gasteiger partial charge >= 0.3 is 63.3 Å². The third-order valence-electron chi connectivity index (χ3n) is 2.09. The number of ether oxygens (including phenoxy) is 2. The maximum atomic E-state index is 11.3. The van der Waals surface area contributed by atoms with Crippen LogP contribution in [0.5, 0.6) is 0 Å². The molecule has 0 aromatic heterocycles. The van der Waals surface area contributed by atoms with E-state index in [4.69, 9.17) is 4.55 Å². The Kier molecular flexibility index (Phi) is 7.36. The van der Waals surface area contributed by atoms with Gasteiger partial charge in [-0.25, -0.2) is 9.59 Å². The van der Waals surface area contributed by atoms with Crippen molar-refractivity contribution in [2.24, 2.45) is 0 Å². The first-order valence-corrected chi connectivity index (χ1v) is 6.03. The minimum atomic E-state index is -4.66. The van der Waals surface area contributed by atoms with Gasteiger partial charge in [0, 0.05) is 0 Å². The molecule has 19 heavy (non-hydrogen) atoms. The summed E-state index contributed by atoms with van der Waals surface area (Å²) < 4.78 is 40.0. The molecule has 0 aliphatic heterocycles. The fraction of sp³-hybridized carbons (Fsp3) is 0.200. The standard InChI is InChI=1S/C10H10O7S.K.H/c1-16-9(11)6-3-4-7(10(12)17-2)8(5-6)18(13,14)15;;/h3-5H,1-2H3,(H,13,14,15);;/q;+1;-1. The van der Waals surface area contributed by atoms with Gasteiger partial charge in [-0.05, 0) is 18.2 Å². The first kappa shape index (κ1) is 18.7. The Morgan fingerprint density at radius 1 is 1.16 bits per heavy atom. The summed E-state index contributed by atoms with van der Waals surface area (Å²) in [6, 6.07) is 3.08. The van der Waals surface area contributed by atoms with Crippen LogP contribution in [0, 0.1) is 0 Å². The first-order valence-electron chi connectivity index (χ1n) is 4.59. The van der Waals surface area contributed by atoms with Crippen molar-refractivity contribution < 1.29 is 84.8 Å². The molecule has 0 heterocycles. The summed E-state index contributed by atoms with van der Waals surface area (Å²) in [7, 11) is -2.49. The van der Waals surface area contributed by atoms with Crippen LogP contribution in [0.1, 0.15) is 22.1 Å². The van der Waals surface area contributed by atoms with Crippen LogP contribution in [0.4, 0.5) is 0 Å². The van der Waals surface area contributed by atoms with Gasteiger partial charge < -0.3 is 10.9 Å². The topological polar surface area (TPSA) is 107 Å². The number of hydrogen-bond donors (Lipinski definition) is 1. The Morgan fingerprint density at radius 2 is 1.68 bits per heavy atom. The molecule has 1 N–H and O–H groups in total. The van der Waals surface area contributed by atoms with Crippen molar-refractivity contribution in [1.82, 2.24) is 0 Å². The molecule has 0 saturated heterocycles. The van der Waals surface area contributed by atoms with Crippen molar-refractivity contribution in [2.45, 2.75) is 4.90 Å². The number of methoxy groups -OCH3 is 2. The van der Waals surface area contributed by atoms with E-state index >= 15 is 0 Å². The number of rotatable bonds is 3. The summed E-state index contributed by atoms with van der Waals surface area (Å²) in [5, 5.41) is 0. The second-order valence-corrected chi connectivity index (χ2v) is 4.56. The van der Waals surface area contributed by atoms with Gasteiger partial charge in [-0.3, -0.25) is 4.55 Å². The van der Waals surface area contributed by atoms with E-state index < -0.39 is 27.0 Å². The van der Waals surface area contributed by atoms with Crippen LogP contribution in [0.25, 0.3) is 0 Å². The average molecular weight is 314 g/mol. The Labute approximate surface area is 153 Å². The Hall–Kier alpha value is -0.294. The fourth-order valence-corrected chi connectivity index (χ4v) is 1.96. The molecule has 0 unspecified atom stereocenters. The zero-order chi connectivity index (χ0) is 13.9. The summed E-state index contributed by atoms with van der Waals surface area (Å²) in [4.78, 5) is 21.8. The van der Waals surface area contributed by atoms with Crippen molar-refractivity contribution in [1.29, 1.82) is 0 Å². The molecule has 0 saturated carbocycles. The molecule has 1 aromatic carbocycles. The quantitative estimate of drug-likeness (QED) is 0.377. The molecular weight excluding hydrogens is 303 g/mol. The van der Waals surface area contributed by atoms with E-state index in [1.54, 1.807) is 0 Å². The van der Waals surface area contributed by atoms with Crippen LogP contribution >= 0.6 is 0 Å². The van der Waals surface area contributed by atoms with E-state index in [-0.39, 0.29) is 63.9 Å². The number of carbonyl (C=O) groups excluding carboxylic acids is 2. The Morgan fingerprint density at radius 3 is 2.11 bits per heavy atom. The van der Waals surface area contributed by atoms with Gasteiger partial charge in [-0.15, -0.1) is 0 Å². The second-order valence-electron chi connectivity index (χ2n) is 3.17. The molecule has 1 aromatic rings. The molecule has 0 bridgehead atoms. The van der Waals surface area contributed by atoms with Crippen molar-refractivity contribution in [2.75, 3.05) is 14.2 Å². The molecule has 7 nitrogen and oxygen atoms in total. The van der Waals surface area contributed by atoms with Gasteiger partial charge in [0.05, 0.1) is 25.3 Å². The molecule has 0 fully saturated rings. The normalized spacial score (nSPS) is 10.3. The van der Waals surface area contributed by atoms with Crippen LogP contribution in [0.15, 0.2) is 23.1 Å². The zero-order valence-corrected chi connectivity index (χ0v) is 14.5. The van der Waals surface area contributed by atoms with Gasteiger partial charge in [0.25, 0.3) is 10.1 Å². The SMILES string of the molecule is COC(=O)c1ccc(C(=O)OC)c(S(=O)(=O)O)c1.[H-].[K+]. The van der Waals surface area contributed by atoms with Gasteiger partial charge in [0.15, 0.2) is 0 Å². The number of carbonyl (C=O) groups is 2. The van der Waals surface area contributed by atoms with Gasteiger partial charge in [0.2, 0.25) is 0 Å². The zero-order valence-electron chi connectivity index (χ0n) is 11.5. The van der Waals surface area contributed by atoms with Crippen molar-refractivity contribution in [3.63, 3.8) is 0 Å². The molecule has 0 radical (unpaired) electrons. The maximum Gasteiger partial charge on any atom is 1.00 e. The van der Waals surface area contributed by atoms with Gasteiger partial charge in [0.1, 0.15) is 4.90 Å². The van der Waals surface area contributed by atoms with E-state index in [0.717, 1.165) is 26.4 Å². The van der Waals surface area contributed by atoms with E-state index in [2.05, 4.69) is 9.47 Å². The minimum Gasteiger partial charge on any atom is -1.00 e. The van der Waals surface area contributed by atoms with E-state index in [1.807, 2.05) is 0 Å². The van der Waals surface area contributed by atoms with Crippen LogP contribution in [0.2, 0.25) is 0 Å². The summed E-state index contributed by atoms with van der Waals surface area (Å²) in [5.74, 6) is -1.74. The van der Waals surface area contributed by atoms with Crippen molar-refractivity contribution in [3.05, 3.63) is 29.3 Å². The molecular formula is C10H11KO7S. The second kappa shape index (κ2) is 7.48. The summed E-state index contributed by atoms with van der Waals surface area (Å²) >= 11 is 0. The largest absolute Gasteiger partial charge is 1.00 e. The molecule has 0 spiro atoms. The maximum absolute atomic E-state index is 11.3. The predicted octanol–water partition coefficient (Wildman–Crippen LogP) is -2.38. The van der Waals surface area contributed by atoms with Crippen LogP contribution < -0.4 is 51.4 Å². The third kappa shape index (κ3) is 4.63. The monoisotopic (exact) mass is 314 g/mol. The molecule has 9 heteroatoms. The van der Waals surface area contributed by atoms with Gasteiger partial charge in [-0.2, -0.15) is 8.42 Å². The van der Waals surface area contributed by atoms with Crippen LogP contribution in [-0.4, -0.2) is 39.1 Å². The molecule has 0 amide bonds. The Bertz CT molecular complexity index is 600. The number of hydrogen-bond acceptors (Lipinski definition) is 6. The fourth-order valence-electron chi connectivity index (χ4n) is 1.26. The summed E-state index contributed by atoms with van der Waals surface area (Å²) in [5.41, 5.74) is -0.481. The van der Waals surface area contributed by atoms with Crippen molar-refractivity contribution >= 4 is 22.1 Å². The molecule has 1 rings (SSSR count). The average Bonchev–Trinajstić information content (AvgIpc) is 2.35. The van der Waals surface area contributed by atoms with E-state index in [9.17, 15) is 18.0 Å². The molecule has 0 aliphatic carbocycles. The predicted molar refractivity (Wildman–Crippen MR) is 60.0 cm³/mol. The first-order chi connectivity index (χ1) is 8.31. The summed E-state index contributed by atoms with van der Waals surface area (Å²) in [6.45, 7) is 0. The van der Waals surface area contributed by atoms with Crippen molar-refractivity contribution in [3.8, 4) is 0 Å². The van der Waals surface area contributed by atoms with Gasteiger partial charge in [-0.1, -0.05) is 0 Å². The van der Waals surface area contributed by atoms with Crippen LogP contribution in [-0.2, 0) is 19.6 Å². The van der Waals surface area contributed by atoms with Crippen LogP contribution in [0.3, 0.4) is 0 Å². The number of esters is 2. The molecule has 0 atom stereocenters. The third-order valence-corrected chi connectivity index (χ3v) is 2.98.